The van der Waals surface area contributed by atoms with E-state index in [-0.39, 0.29) is 17.8 Å². The molecule has 0 bridgehead atoms. The molecule has 0 N–H and O–H groups in total. The molecule has 0 heterocycles. The molecule has 3 rings (SSSR count). The third-order valence-electron chi connectivity index (χ3n) is 4.66. The first-order valence-electron chi connectivity index (χ1n) is 8.42. The Morgan fingerprint density at radius 3 is 2.15 bits per heavy atom. The lowest BCUT2D eigenvalue weighted by Crippen LogP contribution is -2.10. The van der Waals surface area contributed by atoms with Crippen LogP contribution >= 0.6 is 0 Å². The predicted molar refractivity (Wildman–Crippen MR) is 100 cm³/mol. The van der Waals surface area contributed by atoms with Crippen molar-refractivity contribution in [2.75, 3.05) is 21.3 Å². The minimum Gasteiger partial charge on any atom is -0.497 e. The summed E-state index contributed by atoms with van der Waals surface area (Å²) < 4.78 is 15.7. The molecule has 0 amide bonds. The van der Waals surface area contributed by atoms with Crippen molar-refractivity contribution in [3.05, 3.63) is 89.2 Å². The van der Waals surface area contributed by atoms with Crippen LogP contribution in [0.4, 0.5) is 0 Å². The van der Waals surface area contributed by atoms with E-state index < -0.39 is 0 Å². The first-order chi connectivity index (χ1) is 12.7. The van der Waals surface area contributed by atoms with Crippen molar-refractivity contribution in [2.45, 2.75) is 11.8 Å². The number of rotatable bonds is 5. The fourth-order valence-corrected chi connectivity index (χ4v) is 3.40. The van der Waals surface area contributed by atoms with Crippen LogP contribution in [0.5, 0.6) is 5.75 Å². The maximum absolute atomic E-state index is 11.9. The molecule has 0 fully saturated rings. The van der Waals surface area contributed by atoms with Crippen molar-refractivity contribution < 1.29 is 19.0 Å². The lowest BCUT2D eigenvalue weighted by atomic mass is 9.81. The van der Waals surface area contributed by atoms with Gasteiger partial charge in [-0.05, 0) is 29.3 Å². The summed E-state index contributed by atoms with van der Waals surface area (Å²) in [4.78, 5) is 11.9. The number of allylic oxidation sites excluding steroid dienone is 2. The van der Waals surface area contributed by atoms with Gasteiger partial charge in [0, 0.05) is 23.5 Å². The molecule has 0 unspecified atom stereocenters. The Morgan fingerprint density at radius 2 is 1.58 bits per heavy atom. The second-order valence-corrected chi connectivity index (χ2v) is 6.05. The number of benzene rings is 2. The second-order valence-electron chi connectivity index (χ2n) is 6.05. The Kier molecular flexibility index (Phi) is 5.42. The third kappa shape index (κ3) is 3.49. The fourth-order valence-electron chi connectivity index (χ4n) is 3.40. The van der Waals surface area contributed by atoms with Crippen molar-refractivity contribution >= 4 is 5.97 Å². The number of esters is 1. The first kappa shape index (κ1) is 17.8. The first-order valence-corrected chi connectivity index (χ1v) is 8.42. The van der Waals surface area contributed by atoms with Crippen LogP contribution in [0, 0.1) is 0 Å². The number of carbonyl (C=O) groups excluding carboxylic acids is 1. The van der Waals surface area contributed by atoms with Crippen molar-refractivity contribution in [3.63, 3.8) is 0 Å². The van der Waals surface area contributed by atoms with Crippen molar-refractivity contribution in [1.29, 1.82) is 0 Å². The number of ether oxygens (including phenoxy) is 3. The highest BCUT2D eigenvalue weighted by molar-refractivity contribution is 5.84. The molecule has 134 valence electrons. The fraction of sp³-hybridized carbons (Fsp3) is 0.227. The van der Waals surface area contributed by atoms with Gasteiger partial charge < -0.3 is 14.2 Å². The number of hydrogen-bond acceptors (Lipinski definition) is 4. The summed E-state index contributed by atoms with van der Waals surface area (Å²) in [5, 5.41) is 0. The normalized spacial score (nSPS) is 20.6. The summed E-state index contributed by atoms with van der Waals surface area (Å²) in [7, 11) is 4.65. The van der Waals surface area contributed by atoms with Crippen LogP contribution in [0.15, 0.2) is 78.1 Å². The molecule has 2 aromatic carbocycles. The average molecular weight is 350 g/mol. The van der Waals surface area contributed by atoms with E-state index in [0.29, 0.717) is 5.76 Å². The van der Waals surface area contributed by atoms with Gasteiger partial charge in [-0.2, -0.15) is 0 Å². The summed E-state index contributed by atoms with van der Waals surface area (Å²) in [6, 6.07) is 18.1. The molecule has 1 aliphatic carbocycles. The van der Waals surface area contributed by atoms with Crippen LogP contribution in [-0.4, -0.2) is 27.3 Å². The topological polar surface area (TPSA) is 44.8 Å². The van der Waals surface area contributed by atoms with E-state index in [1.54, 1.807) is 14.2 Å². The Balaban J connectivity index is 2.09. The van der Waals surface area contributed by atoms with E-state index in [1.165, 1.54) is 13.2 Å². The third-order valence-corrected chi connectivity index (χ3v) is 4.66. The molecule has 0 saturated carbocycles. The van der Waals surface area contributed by atoms with Gasteiger partial charge in [-0.15, -0.1) is 0 Å². The van der Waals surface area contributed by atoms with Crippen LogP contribution in [0.1, 0.15) is 23.0 Å². The van der Waals surface area contributed by atoms with E-state index >= 15 is 0 Å². The van der Waals surface area contributed by atoms with Gasteiger partial charge in [0.1, 0.15) is 11.5 Å². The molecule has 0 spiro atoms. The predicted octanol–water partition coefficient (Wildman–Crippen LogP) is 4.21. The summed E-state index contributed by atoms with van der Waals surface area (Å²) in [6.45, 7) is 0. The van der Waals surface area contributed by atoms with E-state index in [4.69, 9.17) is 14.2 Å². The van der Waals surface area contributed by atoms with Gasteiger partial charge in [-0.25, -0.2) is 4.79 Å². The lowest BCUT2D eigenvalue weighted by molar-refractivity contribution is -0.134. The minimum atomic E-state index is -0.390. The molecule has 0 radical (unpaired) electrons. The maximum atomic E-state index is 11.9. The summed E-state index contributed by atoms with van der Waals surface area (Å²) in [5.41, 5.74) is 3.07. The van der Waals surface area contributed by atoms with Crippen LogP contribution in [-0.2, 0) is 14.3 Å². The van der Waals surface area contributed by atoms with Gasteiger partial charge in [0.25, 0.3) is 0 Å². The highest BCUT2D eigenvalue weighted by atomic mass is 16.5. The van der Waals surface area contributed by atoms with Crippen molar-refractivity contribution in [3.8, 4) is 5.75 Å². The largest absolute Gasteiger partial charge is 0.497 e. The smallest absolute Gasteiger partial charge is 0.330 e. The SMILES string of the molecule is COC(=O)/C=C1\C(OC)=C[C@H](c2ccc(OC)cc2)[C@H]1c1ccccc1. The highest BCUT2D eigenvalue weighted by Gasteiger charge is 2.36. The van der Waals surface area contributed by atoms with Gasteiger partial charge in [-0.3, -0.25) is 0 Å². The quantitative estimate of drug-likeness (QED) is 0.599. The number of methoxy groups -OCH3 is 3. The molecule has 4 heteroatoms. The van der Waals surface area contributed by atoms with Gasteiger partial charge in [-0.1, -0.05) is 42.5 Å². The molecule has 2 atom stereocenters. The van der Waals surface area contributed by atoms with E-state index in [9.17, 15) is 4.79 Å². The average Bonchev–Trinajstić information content (AvgIpc) is 3.06. The Morgan fingerprint density at radius 1 is 0.885 bits per heavy atom. The van der Waals surface area contributed by atoms with Crippen molar-refractivity contribution in [1.82, 2.24) is 0 Å². The van der Waals surface area contributed by atoms with Gasteiger partial charge in [0.15, 0.2) is 0 Å². The Hall–Kier alpha value is -3.01. The van der Waals surface area contributed by atoms with E-state index in [2.05, 4.69) is 18.2 Å². The van der Waals surface area contributed by atoms with E-state index in [1.807, 2.05) is 42.5 Å². The van der Waals surface area contributed by atoms with Gasteiger partial charge in [0.05, 0.1) is 21.3 Å². The molecular formula is C22H22O4. The van der Waals surface area contributed by atoms with E-state index in [0.717, 1.165) is 22.4 Å². The standard InChI is InChI=1S/C22H22O4/c1-24-17-11-9-15(10-12-17)18-13-20(25-2)19(14-21(23)26-3)22(18)16-7-5-4-6-8-16/h4-14,18,22H,1-3H3/b19-14+/t18-,22-/m1/s1. The Labute approximate surface area is 153 Å². The molecule has 26 heavy (non-hydrogen) atoms. The lowest BCUT2D eigenvalue weighted by Gasteiger charge is -2.22. The zero-order valence-electron chi connectivity index (χ0n) is 15.1. The molecule has 4 nitrogen and oxygen atoms in total. The highest BCUT2D eigenvalue weighted by Crippen LogP contribution is 2.48. The van der Waals surface area contributed by atoms with Crippen LogP contribution in [0.2, 0.25) is 0 Å². The molecule has 2 aromatic rings. The van der Waals surface area contributed by atoms with Crippen LogP contribution < -0.4 is 4.74 Å². The maximum Gasteiger partial charge on any atom is 0.330 e. The molecule has 0 aliphatic heterocycles. The van der Waals surface area contributed by atoms with Crippen molar-refractivity contribution in [2.24, 2.45) is 0 Å². The molecule has 1 aliphatic rings. The summed E-state index contributed by atoms with van der Waals surface area (Å²) >= 11 is 0. The monoisotopic (exact) mass is 350 g/mol. The summed E-state index contributed by atoms with van der Waals surface area (Å²) in [5.74, 6) is 1.14. The zero-order valence-corrected chi connectivity index (χ0v) is 15.1. The molecule has 0 aromatic heterocycles. The second kappa shape index (κ2) is 7.91. The van der Waals surface area contributed by atoms with Gasteiger partial charge >= 0.3 is 5.97 Å². The zero-order chi connectivity index (χ0) is 18.5. The Bertz CT molecular complexity index is 819. The number of hydrogen-bond donors (Lipinski definition) is 0. The van der Waals surface area contributed by atoms with Crippen LogP contribution in [0.25, 0.3) is 0 Å². The summed E-state index contributed by atoms with van der Waals surface area (Å²) in [6.07, 6.45) is 3.59. The molecule has 0 saturated heterocycles. The molecular weight excluding hydrogens is 328 g/mol. The number of carbonyl (C=O) groups is 1. The van der Waals surface area contributed by atoms with Gasteiger partial charge in [0.2, 0.25) is 0 Å². The minimum absolute atomic E-state index is 0.0290. The van der Waals surface area contributed by atoms with Crippen LogP contribution in [0.3, 0.4) is 0 Å².